The molecule has 0 amide bonds. The van der Waals surface area contributed by atoms with E-state index in [9.17, 15) is 0 Å². The normalized spacial score (nSPS) is 10.3. The summed E-state index contributed by atoms with van der Waals surface area (Å²) in [5, 5.41) is 8.79. The fraction of sp³-hybridized carbons (Fsp3) is 0.400. The molecule has 0 bridgehead atoms. The van der Waals surface area contributed by atoms with E-state index in [0.29, 0.717) is 13.1 Å². The van der Waals surface area contributed by atoms with E-state index < -0.39 is 0 Å². The number of nitrogens with zero attached hydrogens (tertiary/aromatic N) is 1. The molecule has 0 unspecified atom stereocenters. The molecule has 78 valence electrons. The van der Waals surface area contributed by atoms with Crippen molar-refractivity contribution in [3.8, 4) is 0 Å². The van der Waals surface area contributed by atoms with E-state index in [4.69, 9.17) is 10.8 Å². The van der Waals surface area contributed by atoms with Crippen LogP contribution < -0.4 is 10.6 Å². The van der Waals surface area contributed by atoms with E-state index in [0.717, 1.165) is 15.7 Å². The van der Waals surface area contributed by atoms with E-state index >= 15 is 0 Å². The van der Waals surface area contributed by atoms with E-state index in [1.54, 1.807) is 0 Å². The highest BCUT2D eigenvalue weighted by atomic mass is 79.9. The topological polar surface area (TPSA) is 49.5 Å². The average Bonchev–Trinajstić information content (AvgIpc) is 2.18. The lowest BCUT2D eigenvalue weighted by Gasteiger charge is -2.18. The Hall–Kier alpha value is -0.580. The van der Waals surface area contributed by atoms with Crippen molar-refractivity contribution in [2.45, 2.75) is 6.54 Å². The van der Waals surface area contributed by atoms with Crippen LogP contribution in [0.5, 0.6) is 0 Å². The molecule has 0 spiro atoms. The van der Waals surface area contributed by atoms with E-state index in [2.05, 4.69) is 15.9 Å². The maximum Gasteiger partial charge on any atom is 0.0606 e. The first kappa shape index (κ1) is 11.5. The predicted molar refractivity (Wildman–Crippen MR) is 62.4 cm³/mol. The molecule has 0 aromatic heterocycles. The second-order valence-corrected chi connectivity index (χ2v) is 3.98. The highest BCUT2D eigenvalue weighted by Crippen LogP contribution is 2.23. The van der Waals surface area contributed by atoms with E-state index in [-0.39, 0.29) is 6.61 Å². The number of benzene rings is 1. The van der Waals surface area contributed by atoms with Crippen molar-refractivity contribution < 1.29 is 5.11 Å². The summed E-state index contributed by atoms with van der Waals surface area (Å²) in [5.74, 6) is 0. The fourth-order valence-corrected chi connectivity index (χ4v) is 1.75. The van der Waals surface area contributed by atoms with Crippen molar-refractivity contribution in [2.75, 3.05) is 25.1 Å². The maximum atomic E-state index is 8.79. The summed E-state index contributed by atoms with van der Waals surface area (Å²) in [4.78, 5) is 1.99. The van der Waals surface area contributed by atoms with Gasteiger partial charge in [-0.3, -0.25) is 0 Å². The van der Waals surface area contributed by atoms with Crippen molar-refractivity contribution >= 4 is 21.6 Å². The van der Waals surface area contributed by atoms with Crippen LogP contribution in [0.25, 0.3) is 0 Å². The van der Waals surface area contributed by atoms with Crippen LogP contribution in [0.4, 0.5) is 5.69 Å². The zero-order valence-electron chi connectivity index (χ0n) is 8.20. The molecule has 0 radical (unpaired) electrons. The van der Waals surface area contributed by atoms with Crippen molar-refractivity contribution in [1.82, 2.24) is 0 Å². The molecule has 0 saturated heterocycles. The molecule has 0 aliphatic rings. The number of aliphatic hydroxyl groups excluding tert-OH is 1. The molecule has 1 aromatic rings. The van der Waals surface area contributed by atoms with Gasteiger partial charge in [-0.1, -0.05) is 22.0 Å². The minimum absolute atomic E-state index is 0.159. The summed E-state index contributed by atoms with van der Waals surface area (Å²) in [5.41, 5.74) is 7.71. The van der Waals surface area contributed by atoms with Crippen LogP contribution in [0.1, 0.15) is 5.56 Å². The molecule has 4 heteroatoms. The number of rotatable bonds is 4. The van der Waals surface area contributed by atoms with Crippen LogP contribution in [-0.4, -0.2) is 25.3 Å². The Bertz CT molecular complexity index is 304. The van der Waals surface area contributed by atoms with E-state index in [1.807, 2.05) is 30.1 Å². The van der Waals surface area contributed by atoms with Crippen molar-refractivity contribution in [3.05, 3.63) is 28.2 Å². The number of nitrogens with two attached hydrogens (primary N) is 1. The molecule has 0 aliphatic carbocycles. The maximum absolute atomic E-state index is 8.79. The number of hydrogen-bond donors (Lipinski definition) is 2. The van der Waals surface area contributed by atoms with Gasteiger partial charge in [0.05, 0.1) is 6.61 Å². The zero-order chi connectivity index (χ0) is 10.6. The van der Waals surface area contributed by atoms with Gasteiger partial charge in [0.15, 0.2) is 0 Å². The summed E-state index contributed by atoms with van der Waals surface area (Å²) in [6.45, 7) is 1.33. The second-order valence-electron chi connectivity index (χ2n) is 3.12. The Kier molecular flexibility index (Phi) is 4.38. The average molecular weight is 259 g/mol. The first-order chi connectivity index (χ1) is 6.69. The highest BCUT2D eigenvalue weighted by molar-refractivity contribution is 9.10. The third kappa shape index (κ3) is 2.70. The van der Waals surface area contributed by atoms with Gasteiger partial charge in [0.2, 0.25) is 0 Å². The van der Waals surface area contributed by atoms with Gasteiger partial charge in [-0.05, 0) is 17.7 Å². The van der Waals surface area contributed by atoms with Gasteiger partial charge in [0.1, 0.15) is 0 Å². The minimum Gasteiger partial charge on any atom is -0.395 e. The van der Waals surface area contributed by atoms with E-state index in [1.165, 1.54) is 0 Å². The third-order valence-corrected chi connectivity index (χ3v) is 2.87. The number of hydrogen-bond acceptors (Lipinski definition) is 3. The Morgan fingerprint density at radius 3 is 2.71 bits per heavy atom. The molecule has 0 atom stereocenters. The second kappa shape index (κ2) is 5.34. The molecule has 0 aliphatic heterocycles. The first-order valence-electron chi connectivity index (χ1n) is 4.49. The molecule has 0 saturated carbocycles. The Labute approximate surface area is 92.7 Å². The van der Waals surface area contributed by atoms with Crippen LogP contribution in [-0.2, 0) is 6.54 Å². The Morgan fingerprint density at radius 1 is 1.50 bits per heavy atom. The molecule has 14 heavy (non-hydrogen) atoms. The number of anilines is 1. The molecule has 0 fully saturated rings. The SMILES string of the molecule is CN(CCO)c1ccc(CN)c(Br)c1. The zero-order valence-corrected chi connectivity index (χ0v) is 9.79. The van der Waals surface area contributed by atoms with Crippen LogP contribution >= 0.6 is 15.9 Å². The van der Waals surface area contributed by atoms with Gasteiger partial charge in [-0.15, -0.1) is 0 Å². The highest BCUT2D eigenvalue weighted by Gasteiger charge is 2.03. The predicted octanol–water partition coefficient (Wildman–Crippen LogP) is 1.34. The molecule has 3 N–H and O–H groups in total. The van der Waals surface area contributed by atoms with Gasteiger partial charge in [-0.25, -0.2) is 0 Å². The van der Waals surface area contributed by atoms with Crippen LogP contribution in [0.15, 0.2) is 22.7 Å². The smallest absolute Gasteiger partial charge is 0.0606 e. The van der Waals surface area contributed by atoms with Crippen molar-refractivity contribution in [3.63, 3.8) is 0 Å². The van der Waals surface area contributed by atoms with Gasteiger partial charge in [0.25, 0.3) is 0 Å². The van der Waals surface area contributed by atoms with Crippen LogP contribution in [0.3, 0.4) is 0 Å². The molecule has 1 rings (SSSR count). The van der Waals surface area contributed by atoms with Gasteiger partial charge in [0, 0.05) is 30.3 Å². The minimum atomic E-state index is 0.159. The largest absolute Gasteiger partial charge is 0.395 e. The number of halogens is 1. The quantitative estimate of drug-likeness (QED) is 0.857. The van der Waals surface area contributed by atoms with Crippen LogP contribution in [0, 0.1) is 0 Å². The summed E-state index contributed by atoms with van der Waals surface area (Å²) >= 11 is 3.46. The molecule has 3 nitrogen and oxygen atoms in total. The molecular weight excluding hydrogens is 244 g/mol. The lowest BCUT2D eigenvalue weighted by molar-refractivity contribution is 0.304. The molecule has 1 aromatic carbocycles. The molecule has 0 heterocycles. The number of aliphatic hydroxyl groups is 1. The standard InChI is InChI=1S/C10H15BrN2O/c1-13(4-5-14)9-3-2-8(7-12)10(11)6-9/h2-3,6,14H,4-5,7,12H2,1H3. The summed E-state index contributed by atoms with van der Waals surface area (Å²) in [7, 11) is 1.94. The lowest BCUT2D eigenvalue weighted by Crippen LogP contribution is -2.21. The summed E-state index contributed by atoms with van der Waals surface area (Å²) < 4.78 is 1.02. The number of likely N-dealkylation sites (N-methyl/N-ethyl adjacent to an activating group) is 1. The summed E-state index contributed by atoms with van der Waals surface area (Å²) in [6.07, 6.45) is 0. The van der Waals surface area contributed by atoms with Crippen LogP contribution in [0.2, 0.25) is 0 Å². The van der Waals surface area contributed by atoms with Gasteiger partial charge in [-0.2, -0.15) is 0 Å². The third-order valence-electron chi connectivity index (χ3n) is 2.13. The lowest BCUT2D eigenvalue weighted by atomic mass is 10.2. The van der Waals surface area contributed by atoms with Gasteiger partial charge < -0.3 is 15.7 Å². The van der Waals surface area contributed by atoms with Crippen molar-refractivity contribution in [2.24, 2.45) is 5.73 Å². The Morgan fingerprint density at radius 2 is 2.21 bits per heavy atom. The van der Waals surface area contributed by atoms with Gasteiger partial charge >= 0.3 is 0 Å². The fourth-order valence-electron chi connectivity index (χ4n) is 1.22. The van der Waals surface area contributed by atoms with Crippen molar-refractivity contribution in [1.29, 1.82) is 0 Å². The first-order valence-corrected chi connectivity index (χ1v) is 5.29. The Balaban J connectivity index is 2.85. The molecular formula is C10H15BrN2O. The summed E-state index contributed by atoms with van der Waals surface area (Å²) in [6, 6.07) is 6.01. The monoisotopic (exact) mass is 258 g/mol.